The van der Waals surface area contributed by atoms with Crippen LogP contribution in [0.1, 0.15) is 17.2 Å². The molecule has 7 nitrogen and oxygen atoms in total. The maximum Gasteiger partial charge on any atom is 0.311 e. The minimum absolute atomic E-state index is 0.315. The number of para-hydroxylation sites is 1. The zero-order valence-corrected chi connectivity index (χ0v) is 14.0. The maximum absolute atomic E-state index is 11.3. The molecule has 0 fully saturated rings. The van der Waals surface area contributed by atoms with Crippen molar-refractivity contribution in [1.29, 1.82) is 0 Å². The molecular formula is C20H14N4O3. The first-order chi connectivity index (χ1) is 13.1. The first-order valence-electron chi connectivity index (χ1n) is 8.42. The molecule has 0 saturated carbocycles. The summed E-state index contributed by atoms with van der Waals surface area (Å²) in [5.41, 5.74) is 5.11. The molecule has 0 spiro atoms. The molecule has 2 aromatic heterocycles. The molecule has 0 amide bonds. The van der Waals surface area contributed by atoms with Gasteiger partial charge in [0.25, 0.3) is 0 Å². The number of nitro benzene ring substituents is 1. The molecule has 27 heavy (non-hydrogen) atoms. The molecule has 0 aliphatic carbocycles. The van der Waals surface area contributed by atoms with Crippen molar-refractivity contribution in [2.24, 2.45) is 0 Å². The van der Waals surface area contributed by atoms with E-state index < -0.39 is 4.92 Å². The quantitative estimate of drug-likeness (QED) is 0.365. The van der Waals surface area contributed by atoms with Crippen LogP contribution < -0.4 is 5.32 Å². The summed E-state index contributed by atoms with van der Waals surface area (Å²) in [4.78, 5) is 18.3. The smallest absolute Gasteiger partial charge is 0.311 e. The molecule has 132 valence electrons. The van der Waals surface area contributed by atoms with Crippen LogP contribution in [0.2, 0.25) is 0 Å². The van der Waals surface area contributed by atoms with Gasteiger partial charge in [-0.15, -0.1) is 0 Å². The summed E-state index contributed by atoms with van der Waals surface area (Å²) in [5.74, 6) is -0.348. The van der Waals surface area contributed by atoms with E-state index in [0.717, 1.165) is 33.4 Å². The lowest BCUT2D eigenvalue weighted by atomic mass is 9.96. The first-order valence-corrected chi connectivity index (χ1v) is 8.42. The van der Waals surface area contributed by atoms with Crippen LogP contribution in [0.15, 0.2) is 60.9 Å². The highest BCUT2D eigenvalue weighted by Crippen LogP contribution is 2.44. The van der Waals surface area contributed by atoms with E-state index in [-0.39, 0.29) is 17.5 Å². The highest BCUT2D eigenvalue weighted by Gasteiger charge is 2.27. The van der Waals surface area contributed by atoms with Crippen LogP contribution in [-0.2, 0) is 0 Å². The van der Waals surface area contributed by atoms with Gasteiger partial charge in [0.05, 0.1) is 11.0 Å². The summed E-state index contributed by atoms with van der Waals surface area (Å²) in [6, 6.07) is 14.1. The molecule has 5 rings (SSSR count). The number of nitrogens with one attached hydrogen (secondary N) is 2. The lowest BCUT2D eigenvalue weighted by Crippen LogP contribution is -2.11. The second kappa shape index (κ2) is 5.57. The topological polar surface area (TPSA) is 104 Å². The third-order valence-electron chi connectivity index (χ3n) is 4.96. The van der Waals surface area contributed by atoms with Crippen LogP contribution in [0.3, 0.4) is 0 Å². The van der Waals surface area contributed by atoms with Crippen LogP contribution in [0.25, 0.3) is 22.2 Å². The highest BCUT2D eigenvalue weighted by atomic mass is 16.6. The van der Waals surface area contributed by atoms with E-state index >= 15 is 0 Å². The Morgan fingerprint density at radius 2 is 1.96 bits per heavy atom. The molecule has 1 aliphatic heterocycles. The normalized spacial score (nSPS) is 15.0. The standard InChI is InChI=1S/C20H14N4O3/c25-17-6-5-11(9-16(17)24(26)27)19-14-10-22-20-18(14)13(7-8-21-20)12-3-1-2-4-15(12)23-19/h1-10,19,23,25H,(H,21,22). The largest absolute Gasteiger partial charge is 0.502 e. The lowest BCUT2D eigenvalue weighted by molar-refractivity contribution is -0.385. The van der Waals surface area contributed by atoms with Crippen molar-refractivity contribution in [3.8, 4) is 16.9 Å². The minimum atomic E-state index is -0.578. The molecular weight excluding hydrogens is 344 g/mol. The van der Waals surface area contributed by atoms with Crippen molar-refractivity contribution < 1.29 is 10.0 Å². The Hall–Kier alpha value is -3.87. The summed E-state index contributed by atoms with van der Waals surface area (Å²) >= 11 is 0. The second-order valence-corrected chi connectivity index (χ2v) is 6.45. The number of hydrogen-bond acceptors (Lipinski definition) is 5. The molecule has 2 aromatic carbocycles. The number of phenolic OH excluding ortho intramolecular Hbond substituents is 1. The molecule has 4 aromatic rings. The molecule has 0 saturated heterocycles. The Morgan fingerprint density at radius 1 is 1.11 bits per heavy atom. The average molecular weight is 358 g/mol. The number of H-pyrrole nitrogens is 1. The fourth-order valence-electron chi connectivity index (χ4n) is 3.74. The van der Waals surface area contributed by atoms with Crippen molar-refractivity contribution in [2.45, 2.75) is 6.04 Å². The summed E-state index contributed by atoms with van der Waals surface area (Å²) in [5, 5.41) is 25.6. The molecule has 0 radical (unpaired) electrons. The number of anilines is 1. The lowest BCUT2D eigenvalue weighted by Gasteiger charge is -2.19. The maximum atomic E-state index is 11.3. The number of benzene rings is 2. The van der Waals surface area contributed by atoms with E-state index in [1.165, 1.54) is 12.1 Å². The van der Waals surface area contributed by atoms with Gasteiger partial charge in [0.1, 0.15) is 5.65 Å². The number of aromatic nitrogens is 2. The summed E-state index contributed by atoms with van der Waals surface area (Å²) < 4.78 is 0. The van der Waals surface area contributed by atoms with E-state index in [0.29, 0.717) is 5.56 Å². The Labute approximate surface area is 153 Å². The summed E-state index contributed by atoms with van der Waals surface area (Å²) in [7, 11) is 0. The van der Waals surface area contributed by atoms with Crippen molar-refractivity contribution in [1.82, 2.24) is 9.97 Å². The molecule has 1 aliphatic rings. The van der Waals surface area contributed by atoms with Crippen LogP contribution in [0.4, 0.5) is 11.4 Å². The van der Waals surface area contributed by atoms with Crippen LogP contribution in [0.5, 0.6) is 5.75 Å². The number of fused-ring (bicyclic) bond motifs is 2. The molecule has 1 atom stereocenters. The van der Waals surface area contributed by atoms with Gasteiger partial charge in [-0.05, 0) is 29.3 Å². The zero-order chi connectivity index (χ0) is 18.5. The number of phenols is 1. The van der Waals surface area contributed by atoms with Gasteiger partial charge in [0, 0.05) is 40.7 Å². The monoisotopic (exact) mass is 358 g/mol. The number of aromatic hydroxyl groups is 1. The van der Waals surface area contributed by atoms with E-state index in [1.807, 2.05) is 36.5 Å². The van der Waals surface area contributed by atoms with Crippen LogP contribution in [-0.4, -0.2) is 20.0 Å². The minimum Gasteiger partial charge on any atom is -0.502 e. The van der Waals surface area contributed by atoms with Gasteiger partial charge >= 0.3 is 5.69 Å². The second-order valence-electron chi connectivity index (χ2n) is 6.45. The predicted molar refractivity (Wildman–Crippen MR) is 102 cm³/mol. The third kappa shape index (κ3) is 2.25. The van der Waals surface area contributed by atoms with E-state index in [2.05, 4.69) is 15.3 Å². The third-order valence-corrected chi connectivity index (χ3v) is 4.96. The van der Waals surface area contributed by atoms with E-state index in [1.54, 1.807) is 12.3 Å². The van der Waals surface area contributed by atoms with Gasteiger partial charge in [0.15, 0.2) is 5.75 Å². The SMILES string of the molecule is O=[N+]([O-])c1cc(C2Nc3ccccc3-c3ccnc4[nH]cc2c34)ccc1O. The van der Waals surface area contributed by atoms with Crippen LogP contribution >= 0.6 is 0 Å². The number of nitrogens with zero attached hydrogens (tertiary/aromatic N) is 2. The van der Waals surface area contributed by atoms with Crippen molar-refractivity contribution in [3.63, 3.8) is 0 Å². The van der Waals surface area contributed by atoms with Gasteiger partial charge in [0.2, 0.25) is 0 Å². The van der Waals surface area contributed by atoms with E-state index in [9.17, 15) is 15.2 Å². The molecule has 3 N–H and O–H groups in total. The van der Waals surface area contributed by atoms with Gasteiger partial charge in [-0.3, -0.25) is 10.1 Å². The Morgan fingerprint density at radius 3 is 2.81 bits per heavy atom. The van der Waals surface area contributed by atoms with E-state index in [4.69, 9.17) is 0 Å². The highest BCUT2D eigenvalue weighted by molar-refractivity contribution is 6.01. The Balaban J connectivity index is 1.80. The fourth-order valence-corrected chi connectivity index (χ4v) is 3.74. The predicted octanol–water partition coefficient (Wildman–Crippen LogP) is 4.36. The average Bonchev–Trinajstić information content (AvgIpc) is 3.04. The molecule has 0 bridgehead atoms. The number of aromatic amines is 1. The van der Waals surface area contributed by atoms with Gasteiger partial charge in [-0.2, -0.15) is 0 Å². The Kier molecular flexibility index (Phi) is 3.17. The van der Waals surface area contributed by atoms with Crippen LogP contribution in [0, 0.1) is 10.1 Å². The van der Waals surface area contributed by atoms with Gasteiger partial charge < -0.3 is 15.4 Å². The molecule has 1 unspecified atom stereocenters. The van der Waals surface area contributed by atoms with Gasteiger partial charge in [-0.1, -0.05) is 24.3 Å². The number of rotatable bonds is 2. The summed E-state index contributed by atoms with van der Waals surface area (Å²) in [6.45, 7) is 0. The molecule has 3 heterocycles. The van der Waals surface area contributed by atoms with Crippen molar-refractivity contribution in [2.75, 3.05) is 5.32 Å². The Bertz CT molecular complexity index is 1220. The van der Waals surface area contributed by atoms with Gasteiger partial charge in [-0.25, -0.2) is 4.98 Å². The first kappa shape index (κ1) is 15.4. The van der Waals surface area contributed by atoms with Crippen molar-refractivity contribution in [3.05, 3.63) is 82.2 Å². The summed E-state index contributed by atoms with van der Waals surface area (Å²) in [6.07, 6.45) is 3.64. The number of pyridine rings is 1. The number of hydrogen-bond donors (Lipinski definition) is 3. The zero-order valence-electron chi connectivity index (χ0n) is 14.0. The molecule has 7 heteroatoms. The van der Waals surface area contributed by atoms with Crippen molar-refractivity contribution >= 4 is 22.4 Å². The fraction of sp³-hybridized carbons (Fsp3) is 0.0500. The number of nitro groups is 1.